The molecule has 1 aromatic heterocycles. The summed E-state index contributed by atoms with van der Waals surface area (Å²) in [4.78, 5) is 12.6. The molecule has 0 fully saturated rings. The number of fused-ring (bicyclic) bond motifs is 4. The minimum Gasteiger partial charge on any atom is -0.337 e. The van der Waals surface area contributed by atoms with Crippen molar-refractivity contribution >= 4 is 57.8 Å². The van der Waals surface area contributed by atoms with Crippen molar-refractivity contribution in [3.05, 3.63) is 129 Å². The van der Waals surface area contributed by atoms with Gasteiger partial charge in [-0.05, 0) is 86.0 Å². The number of nitrogens with zero attached hydrogens (tertiary/aromatic N) is 5. The van der Waals surface area contributed by atoms with Crippen molar-refractivity contribution in [2.75, 3.05) is 10.2 Å². The Bertz CT molecular complexity index is 1870. The van der Waals surface area contributed by atoms with Gasteiger partial charge in [-0.2, -0.15) is 5.10 Å². The molecule has 0 unspecified atom stereocenters. The van der Waals surface area contributed by atoms with Gasteiger partial charge < -0.3 is 10.2 Å². The first-order valence-electron chi connectivity index (χ1n) is 13.4. The van der Waals surface area contributed by atoms with E-state index in [-0.39, 0.29) is 6.04 Å². The molecule has 0 bridgehead atoms. The van der Waals surface area contributed by atoms with E-state index < -0.39 is 0 Å². The quantitative estimate of drug-likeness (QED) is 0.233. The Morgan fingerprint density at radius 2 is 1.49 bits per heavy atom. The van der Waals surface area contributed by atoms with Crippen LogP contribution in [0.5, 0.6) is 0 Å². The highest BCUT2D eigenvalue weighted by atomic mass is 35.5. The molecule has 6 nitrogen and oxygen atoms in total. The Balaban J connectivity index is 1.50. The van der Waals surface area contributed by atoms with Crippen LogP contribution in [0.25, 0.3) is 5.69 Å². The number of hydrogen-bond acceptors (Lipinski definition) is 5. The molecular formula is C33H26Cl2N6. The number of rotatable bonds is 3. The van der Waals surface area contributed by atoms with Crippen LogP contribution in [0.1, 0.15) is 34.0 Å². The summed E-state index contributed by atoms with van der Waals surface area (Å²) in [5.74, 6) is 2.11. The Morgan fingerprint density at radius 3 is 2.24 bits per heavy atom. The number of nitrogens with one attached hydrogen (secondary N) is 1. The lowest BCUT2D eigenvalue weighted by Crippen LogP contribution is -2.46. The Labute approximate surface area is 248 Å². The number of halogens is 2. The number of benzene rings is 4. The molecule has 0 saturated carbocycles. The molecule has 0 spiro atoms. The van der Waals surface area contributed by atoms with Crippen LogP contribution in [0.4, 0.5) is 22.9 Å². The van der Waals surface area contributed by atoms with Crippen LogP contribution in [0.2, 0.25) is 10.0 Å². The summed E-state index contributed by atoms with van der Waals surface area (Å²) in [5.41, 5.74) is 8.87. The van der Waals surface area contributed by atoms with Crippen LogP contribution in [0, 0.1) is 20.8 Å². The van der Waals surface area contributed by atoms with E-state index in [9.17, 15) is 0 Å². The standard InChI is InChI=1S/C33H26Cl2N6/c1-19-15-20(2)17-23(16-19)36-31-33-38-32-29(21(3)39-41(32)24-9-5-4-6-10-24)30(22-13-14-25(34)26(35)18-22)40(33)28-12-8-7-11-27(28)37-31/h4-18,30H,1-3H3,(H,36,37)/t30-/m0/s1. The topological polar surface area (TPSA) is 57.8 Å². The zero-order chi connectivity index (χ0) is 28.2. The van der Waals surface area contributed by atoms with Gasteiger partial charge >= 0.3 is 0 Å². The van der Waals surface area contributed by atoms with Gasteiger partial charge in [0.25, 0.3) is 0 Å². The van der Waals surface area contributed by atoms with E-state index in [1.54, 1.807) is 0 Å². The van der Waals surface area contributed by atoms with E-state index in [0.717, 1.165) is 45.4 Å². The van der Waals surface area contributed by atoms with Gasteiger partial charge in [0.2, 0.25) is 0 Å². The van der Waals surface area contributed by atoms with Crippen LogP contribution in [0.3, 0.4) is 0 Å². The summed E-state index contributed by atoms with van der Waals surface area (Å²) >= 11 is 13.0. The van der Waals surface area contributed by atoms with Gasteiger partial charge in [-0.25, -0.2) is 14.7 Å². The van der Waals surface area contributed by atoms with E-state index in [1.165, 1.54) is 11.1 Å². The van der Waals surface area contributed by atoms with Gasteiger partial charge in [0.15, 0.2) is 17.5 Å². The molecule has 0 radical (unpaired) electrons. The van der Waals surface area contributed by atoms with E-state index >= 15 is 0 Å². The average molecular weight is 578 g/mol. The van der Waals surface area contributed by atoms with Crippen LogP contribution in [0.15, 0.2) is 101 Å². The van der Waals surface area contributed by atoms with Gasteiger partial charge in [0, 0.05) is 11.3 Å². The van der Waals surface area contributed by atoms with Crippen molar-refractivity contribution in [1.82, 2.24) is 9.78 Å². The normalized spacial score (nSPS) is 15.4. The average Bonchev–Trinajstić information content (AvgIpc) is 3.29. The zero-order valence-corrected chi connectivity index (χ0v) is 24.2. The van der Waals surface area contributed by atoms with Gasteiger partial charge in [-0.15, -0.1) is 0 Å². The maximum absolute atomic E-state index is 6.60. The predicted molar refractivity (Wildman–Crippen MR) is 169 cm³/mol. The summed E-state index contributed by atoms with van der Waals surface area (Å²) in [5, 5.41) is 9.59. The maximum atomic E-state index is 6.60. The molecule has 4 aromatic carbocycles. The third-order valence-corrected chi connectivity index (χ3v) is 8.12. The molecule has 0 aliphatic carbocycles. The fourth-order valence-electron chi connectivity index (χ4n) is 5.73. The van der Waals surface area contributed by atoms with Gasteiger partial charge in [-0.1, -0.05) is 65.7 Å². The smallest absolute Gasteiger partial charge is 0.179 e. The molecule has 7 rings (SSSR count). The highest BCUT2D eigenvalue weighted by molar-refractivity contribution is 6.51. The zero-order valence-electron chi connectivity index (χ0n) is 22.7. The monoisotopic (exact) mass is 576 g/mol. The van der Waals surface area contributed by atoms with Crippen LogP contribution in [-0.4, -0.2) is 21.5 Å². The highest BCUT2D eigenvalue weighted by Crippen LogP contribution is 2.48. The Kier molecular flexibility index (Phi) is 6.18. The van der Waals surface area contributed by atoms with Crippen molar-refractivity contribution in [2.45, 2.75) is 26.8 Å². The number of aromatic nitrogens is 2. The fraction of sp³-hybridized carbons (Fsp3) is 0.121. The molecule has 0 saturated heterocycles. The number of amidine groups is 2. The van der Waals surface area contributed by atoms with E-state index in [1.807, 2.05) is 78.3 Å². The molecule has 2 aliphatic rings. The molecule has 5 aromatic rings. The van der Waals surface area contributed by atoms with Crippen LogP contribution in [-0.2, 0) is 0 Å². The lowest BCUT2D eigenvalue weighted by atomic mass is 9.93. The Hall–Kier alpha value is -4.39. The fourth-order valence-corrected chi connectivity index (χ4v) is 6.03. The largest absolute Gasteiger partial charge is 0.337 e. The molecule has 2 aliphatic heterocycles. The second-order valence-electron chi connectivity index (χ2n) is 10.4. The first kappa shape index (κ1) is 25.6. The van der Waals surface area contributed by atoms with Crippen molar-refractivity contribution < 1.29 is 0 Å². The highest BCUT2D eigenvalue weighted by Gasteiger charge is 2.41. The summed E-state index contributed by atoms with van der Waals surface area (Å²) in [7, 11) is 0. The second-order valence-corrected chi connectivity index (χ2v) is 11.2. The molecule has 1 atom stereocenters. The molecule has 3 heterocycles. The van der Waals surface area contributed by atoms with Crippen molar-refractivity contribution in [3.8, 4) is 5.69 Å². The lowest BCUT2D eigenvalue weighted by Gasteiger charge is -2.40. The lowest BCUT2D eigenvalue weighted by molar-refractivity contribution is 0.815. The van der Waals surface area contributed by atoms with E-state index in [4.69, 9.17) is 38.3 Å². The molecule has 1 N–H and O–H groups in total. The maximum Gasteiger partial charge on any atom is 0.179 e. The van der Waals surface area contributed by atoms with Crippen molar-refractivity contribution in [1.29, 1.82) is 0 Å². The summed E-state index contributed by atoms with van der Waals surface area (Å²) in [6, 6.07) is 30.1. The van der Waals surface area contributed by atoms with E-state index in [2.05, 4.69) is 48.3 Å². The SMILES string of the molecule is Cc1cc(C)cc(NC2=Nc3ccccc3N3C2=Nc2c(c(C)nn2-c2ccccc2)[C@@H]3c2ccc(Cl)c(Cl)c2)c1. The molecule has 41 heavy (non-hydrogen) atoms. The minimum atomic E-state index is -0.280. The van der Waals surface area contributed by atoms with Crippen molar-refractivity contribution in [3.63, 3.8) is 0 Å². The van der Waals surface area contributed by atoms with Gasteiger partial charge in [0.05, 0.1) is 38.8 Å². The van der Waals surface area contributed by atoms with Gasteiger partial charge in [-0.3, -0.25) is 0 Å². The first-order valence-corrected chi connectivity index (χ1v) is 14.1. The number of aryl methyl sites for hydroxylation is 3. The number of aliphatic imine (C=N–C) groups is 2. The van der Waals surface area contributed by atoms with Crippen LogP contribution < -0.4 is 10.2 Å². The molecule has 202 valence electrons. The minimum absolute atomic E-state index is 0.280. The summed E-state index contributed by atoms with van der Waals surface area (Å²) < 4.78 is 1.91. The third kappa shape index (κ3) is 4.40. The first-order chi connectivity index (χ1) is 19.9. The number of para-hydroxylation sites is 3. The summed E-state index contributed by atoms with van der Waals surface area (Å²) in [6.07, 6.45) is 0. The molecule has 0 amide bonds. The van der Waals surface area contributed by atoms with Gasteiger partial charge in [0.1, 0.15) is 0 Å². The predicted octanol–water partition coefficient (Wildman–Crippen LogP) is 8.90. The summed E-state index contributed by atoms with van der Waals surface area (Å²) in [6.45, 7) is 6.21. The second kappa shape index (κ2) is 9.91. The third-order valence-electron chi connectivity index (χ3n) is 7.38. The molecule has 8 heteroatoms. The molecular weight excluding hydrogens is 551 g/mol. The van der Waals surface area contributed by atoms with E-state index in [0.29, 0.717) is 21.7 Å². The Morgan fingerprint density at radius 1 is 0.756 bits per heavy atom. The number of anilines is 2. The van der Waals surface area contributed by atoms with Crippen molar-refractivity contribution in [2.24, 2.45) is 9.98 Å². The van der Waals surface area contributed by atoms with Crippen LogP contribution >= 0.6 is 23.2 Å². The number of hydrogen-bond donors (Lipinski definition) is 1.